The average Bonchev–Trinajstić information content (AvgIpc) is 2.71. The summed E-state index contributed by atoms with van der Waals surface area (Å²) < 4.78 is 24.7. The fourth-order valence-corrected chi connectivity index (χ4v) is 3.60. The van der Waals surface area contributed by atoms with E-state index in [0.29, 0.717) is 32.7 Å². The van der Waals surface area contributed by atoms with E-state index in [1.54, 1.807) is 12.1 Å². The Balaban J connectivity index is 1.79. The van der Waals surface area contributed by atoms with Crippen LogP contribution in [0, 0.1) is 12.7 Å². The van der Waals surface area contributed by atoms with Gasteiger partial charge in [-0.2, -0.15) is 0 Å². The summed E-state index contributed by atoms with van der Waals surface area (Å²) in [4.78, 5) is 13.3. The summed E-state index contributed by atoms with van der Waals surface area (Å²) in [6.07, 6.45) is 3.24. The molecule has 0 radical (unpaired) electrons. The Kier molecular flexibility index (Phi) is 6.68. The van der Waals surface area contributed by atoms with Gasteiger partial charge in [0.2, 0.25) is 5.91 Å². The number of ether oxygens (including phenoxy) is 2. The molecule has 0 aliphatic carbocycles. The first kappa shape index (κ1) is 20.3. The smallest absolute Gasteiger partial charge is 0.235 e. The number of halogens is 1. The molecule has 150 valence electrons. The molecule has 0 aromatic heterocycles. The lowest BCUT2D eigenvalue weighted by molar-refractivity contribution is -0.125. The van der Waals surface area contributed by atoms with Gasteiger partial charge in [-0.25, -0.2) is 4.39 Å². The van der Waals surface area contributed by atoms with E-state index in [0.717, 1.165) is 35.4 Å². The maximum Gasteiger partial charge on any atom is 0.235 e. The van der Waals surface area contributed by atoms with Gasteiger partial charge in [-0.15, -0.1) is 0 Å². The molecule has 0 bridgehead atoms. The van der Waals surface area contributed by atoms with Crippen LogP contribution in [0.4, 0.5) is 10.1 Å². The van der Waals surface area contributed by atoms with Crippen molar-refractivity contribution in [2.24, 2.45) is 0 Å². The van der Waals surface area contributed by atoms with E-state index in [1.165, 1.54) is 12.1 Å². The summed E-state index contributed by atoms with van der Waals surface area (Å²) in [5.74, 6) is 0.452. The van der Waals surface area contributed by atoms with E-state index >= 15 is 0 Å². The first-order chi connectivity index (χ1) is 13.5. The lowest BCUT2D eigenvalue weighted by Gasteiger charge is -2.36. The van der Waals surface area contributed by atoms with Crippen LogP contribution in [0.2, 0.25) is 0 Å². The number of carbonyl (C=O) groups excluding carboxylic acids is 1. The summed E-state index contributed by atoms with van der Waals surface area (Å²) >= 11 is 0. The van der Waals surface area contributed by atoms with E-state index in [2.05, 4.69) is 12.2 Å². The van der Waals surface area contributed by atoms with Gasteiger partial charge < -0.3 is 14.8 Å². The molecule has 1 fully saturated rings. The summed E-state index contributed by atoms with van der Waals surface area (Å²) in [6, 6.07) is 11.9. The van der Waals surface area contributed by atoms with Crippen LogP contribution in [0.1, 0.15) is 43.7 Å². The van der Waals surface area contributed by atoms with E-state index in [9.17, 15) is 9.18 Å². The average molecular weight is 385 g/mol. The van der Waals surface area contributed by atoms with Crippen molar-refractivity contribution in [2.75, 3.05) is 25.1 Å². The van der Waals surface area contributed by atoms with Gasteiger partial charge in [-0.05, 0) is 67.6 Å². The number of carbonyl (C=O) groups is 1. The SMILES string of the molecule is CCCCOc1ccc(NC(=O)C2(c3ccc(F)cc3)CCOCC2)cc1C. The molecule has 3 rings (SSSR count). The van der Waals surface area contributed by atoms with Crippen molar-refractivity contribution in [3.63, 3.8) is 0 Å². The molecule has 1 aliphatic rings. The lowest BCUT2D eigenvalue weighted by Crippen LogP contribution is -2.44. The molecule has 1 amide bonds. The van der Waals surface area contributed by atoms with Crippen molar-refractivity contribution in [3.8, 4) is 5.75 Å². The van der Waals surface area contributed by atoms with E-state index in [-0.39, 0.29) is 11.7 Å². The number of unbranched alkanes of at least 4 members (excludes halogenated alkanes) is 1. The monoisotopic (exact) mass is 385 g/mol. The Labute approximate surface area is 166 Å². The molecule has 4 nitrogen and oxygen atoms in total. The molecule has 1 N–H and O–H groups in total. The van der Waals surface area contributed by atoms with Crippen LogP contribution in [0.3, 0.4) is 0 Å². The number of aryl methyl sites for hydroxylation is 1. The largest absolute Gasteiger partial charge is 0.493 e. The van der Waals surface area contributed by atoms with Gasteiger partial charge in [-0.1, -0.05) is 25.5 Å². The normalized spacial score (nSPS) is 15.8. The van der Waals surface area contributed by atoms with E-state index < -0.39 is 5.41 Å². The molecule has 0 spiro atoms. The Hall–Kier alpha value is -2.40. The van der Waals surface area contributed by atoms with Crippen molar-refractivity contribution < 1.29 is 18.7 Å². The second-order valence-electron chi connectivity index (χ2n) is 7.34. The summed E-state index contributed by atoms with van der Waals surface area (Å²) in [5, 5.41) is 3.06. The number of hydrogen-bond acceptors (Lipinski definition) is 3. The summed E-state index contributed by atoms with van der Waals surface area (Å²) in [7, 11) is 0. The zero-order valence-corrected chi connectivity index (χ0v) is 16.6. The summed E-state index contributed by atoms with van der Waals surface area (Å²) in [6.45, 7) is 5.81. The second kappa shape index (κ2) is 9.20. The molecule has 5 heteroatoms. The molecule has 1 saturated heterocycles. The Bertz CT molecular complexity index is 798. The molecule has 0 unspecified atom stereocenters. The third kappa shape index (κ3) is 4.53. The van der Waals surface area contributed by atoms with Crippen molar-refractivity contribution in [1.29, 1.82) is 0 Å². The van der Waals surface area contributed by atoms with Gasteiger partial charge in [0.15, 0.2) is 0 Å². The predicted molar refractivity (Wildman–Crippen MR) is 108 cm³/mol. The maximum atomic E-state index is 13.4. The van der Waals surface area contributed by atoms with Crippen LogP contribution in [-0.2, 0) is 14.9 Å². The van der Waals surface area contributed by atoms with Crippen molar-refractivity contribution in [3.05, 3.63) is 59.4 Å². The highest BCUT2D eigenvalue weighted by Crippen LogP contribution is 2.36. The Morgan fingerprint density at radius 1 is 1.18 bits per heavy atom. The van der Waals surface area contributed by atoms with Gasteiger partial charge in [0.05, 0.1) is 12.0 Å². The van der Waals surface area contributed by atoms with Crippen LogP contribution >= 0.6 is 0 Å². The standard InChI is InChI=1S/C23H28FNO3/c1-3-4-13-28-21-10-9-20(16-17(21)2)25-22(26)23(11-14-27-15-12-23)18-5-7-19(24)8-6-18/h5-10,16H,3-4,11-15H2,1-2H3,(H,25,26). The highest BCUT2D eigenvalue weighted by molar-refractivity contribution is 5.99. The van der Waals surface area contributed by atoms with Gasteiger partial charge in [0.1, 0.15) is 11.6 Å². The first-order valence-corrected chi connectivity index (χ1v) is 9.94. The van der Waals surface area contributed by atoms with Gasteiger partial charge in [0, 0.05) is 18.9 Å². The molecule has 28 heavy (non-hydrogen) atoms. The second-order valence-corrected chi connectivity index (χ2v) is 7.34. The van der Waals surface area contributed by atoms with Gasteiger partial charge in [0.25, 0.3) is 0 Å². The molecular formula is C23H28FNO3. The fraction of sp³-hybridized carbons (Fsp3) is 0.435. The number of anilines is 1. The van der Waals surface area contributed by atoms with Crippen molar-refractivity contribution >= 4 is 11.6 Å². The summed E-state index contributed by atoms with van der Waals surface area (Å²) in [5.41, 5.74) is 1.83. The van der Waals surface area contributed by atoms with Crippen molar-refractivity contribution in [1.82, 2.24) is 0 Å². The zero-order chi connectivity index (χ0) is 20.0. The fourth-order valence-electron chi connectivity index (χ4n) is 3.60. The number of benzene rings is 2. The topological polar surface area (TPSA) is 47.6 Å². The molecular weight excluding hydrogens is 357 g/mol. The molecule has 0 atom stereocenters. The highest BCUT2D eigenvalue weighted by Gasteiger charge is 2.41. The highest BCUT2D eigenvalue weighted by atomic mass is 19.1. The van der Waals surface area contributed by atoms with Gasteiger partial charge >= 0.3 is 0 Å². The minimum Gasteiger partial charge on any atom is -0.493 e. The van der Waals surface area contributed by atoms with E-state index in [4.69, 9.17) is 9.47 Å². The zero-order valence-electron chi connectivity index (χ0n) is 16.6. The van der Waals surface area contributed by atoms with Crippen LogP contribution < -0.4 is 10.1 Å². The first-order valence-electron chi connectivity index (χ1n) is 9.94. The lowest BCUT2D eigenvalue weighted by atomic mass is 9.73. The predicted octanol–water partition coefficient (Wildman–Crippen LogP) is 5.00. The number of hydrogen-bond donors (Lipinski definition) is 1. The van der Waals surface area contributed by atoms with Crippen LogP contribution in [0.25, 0.3) is 0 Å². The van der Waals surface area contributed by atoms with E-state index in [1.807, 2.05) is 25.1 Å². The molecule has 0 saturated carbocycles. The minimum absolute atomic E-state index is 0.0820. The number of amides is 1. The van der Waals surface area contributed by atoms with Crippen LogP contribution in [0.5, 0.6) is 5.75 Å². The third-order valence-electron chi connectivity index (χ3n) is 5.37. The Morgan fingerprint density at radius 2 is 1.89 bits per heavy atom. The number of nitrogens with one attached hydrogen (secondary N) is 1. The molecule has 2 aromatic carbocycles. The maximum absolute atomic E-state index is 13.4. The van der Waals surface area contributed by atoms with Crippen molar-refractivity contribution in [2.45, 2.75) is 44.9 Å². The molecule has 1 heterocycles. The quantitative estimate of drug-likeness (QED) is 0.682. The van der Waals surface area contributed by atoms with Crippen LogP contribution in [-0.4, -0.2) is 25.7 Å². The molecule has 2 aromatic rings. The number of rotatable bonds is 7. The Morgan fingerprint density at radius 3 is 2.54 bits per heavy atom. The third-order valence-corrected chi connectivity index (χ3v) is 5.37. The van der Waals surface area contributed by atoms with Crippen LogP contribution in [0.15, 0.2) is 42.5 Å². The minimum atomic E-state index is -0.712. The van der Waals surface area contributed by atoms with Gasteiger partial charge in [-0.3, -0.25) is 4.79 Å². The molecule has 1 aliphatic heterocycles.